The van der Waals surface area contributed by atoms with E-state index in [9.17, 15) is 9.59 Å². The molecule has 5 rings (SSSR count). The van der Waals surface area contributed by atoms with Gasteiger partial charge in [-0.2, -0.15) is 0 Å². The molecule has 2 fully saturated rings. The van der Waals surface area contributed by atoms with Gasteiger partial charge < -0.3 is 18.9 Å². The molecule has 0 radical (unpaired) electrons. The highest BCUT2D eigenvalue weighted by atomic mass is 35.5. The van der Waals surface area contributed by atoms with Gasteiger partial charge in [0.1, 0.15) is 24.7 Å². The molecule has 1 aliphatic carbocycles. The third kappa shape index (κ3) is 6.56. The lowest BCUT2D eigenvalue weighted by molar-refractivity contribution is 0.0322. The molecule has 0 spiro atoms. The molecule has 10 heteroatoms. The second-order valence-corrected chi connectivity index (χ2v) is 8.68. The molecule has 36 heavy (non-hydrogen) atoms. The van der Waals surface area contributed by atoms with Crippen molar-refractivity contribution in [1.29, 1.82) is 0 Å². The number of hydrogen-bond acceptors (Lipinski definition) is 8. The standard InChI is InChI=1S/C26H30N2O6.2ClH/c29-25-21-3-1-19(33-15-9-27-5-11-31-12-6-27)17-23(21)26(30)24-18-20(2-4-22(24)25)34-16-10-28-7-13-32-14-8-28;;/h1-4,17-18H,5-16H2;2*1H. The number of morpholine rings is 2. The van der Waals surface area contributed by atoms with Crippen molar-refractivity contribution in [3.63, 3.8) is 0 Å². The van der Waals surface area contributed by atoms with E-state index in [0.29, 0.717) is 47.0 Å². The summed E-state index contributed by atoms with van der Waals surface area (Å²) >= 11 is 0. The first-order valence-corrected chi connectivity index (χ1v) is 11.9. The molecule has 2 heterocycles. The maximum absolute atomic E-state index is 13.3. The van der Waals surface area contributed by atoms with E-state index in [1.54, 1.807) is 36.4 Å². The van der Waals surface area contributed by atoms with Gasteiger partial charge in [0.25, 0.3) is 0 Å². The minimum atomic E-state index is -0.179. The van der Waals surface area contributed by atoms with Crippen LogP contribution in [0.4, 0.5) is 0 Å². The van der Waals surface area contributed by atoms with Gasteiger partial charge in [-0.3, -0.25) is 19.4 Å². The lowest BCUT2D eigenvalue weighted by Gasteiger charge is -2.26. The highest BCUT2D eigenvalue weighted by Gasteiger charge is 2.30. The van der Waals surface area contributed by atoms with Crippen LogP contribution in [-0.4, -0.2) is 100 Å². The number of halogens is 2. The van der Waals surface area contributed by atoms with Crippen molar-refractivity contribution < 1.29 is 28.5 Å². The first-order chi connectivity index (χ1) is 16.7. The molecule has 0 amide bonds. The number of carbonyl (C=O) groups excluding carboxylic acids is 2. The first-order valence-electron chi connectivity index (χ1n) is 11.9. The van der Waals surface area contributed by atoms with E-state index < -0.39 is 0 Å². The first kappa shape index (κ1) is 28.4. The Bertz CT molecular complexity index is 975. The smallest absolute Gasteiger partial charge is 0.194 e. The van der Waals surface area contributed by atoms with Crippen LogP contribution in [-0.2, 0) is 9.47 Å². The number of ketones is 2. The molecule has 2 aliphatic heterocycles. The van der Waals surface area contributed by atoms with Gasteiger partial charge in [-0.15, -0.1) is 24.8 Å². The highest BCUT2D eigenvalue weighted by molar-refractivity contribution is 6.28. The Labute approximate surface area is 223 Å². The normalized spacial score (nSPS) is 17.9. The Hall–Kier alpha value is -2.20. The maximum Gasteiger partial charge on any atom is 0.194 e. The van der Waals surface area contributed by atoms with E-state index in [1.165, 1.54) is 0 Å². The Balaban J connectivity index is 0.00000180. The molecule has 0 bridgehead atoms. The maximum atomic E-state index is 13.3. The summed E-state index contributed by atoms with van der Waals surface area (Å²) in [6.07, 6.45) is 0. The van der Waals surface area contributed by atoms with Crippen LogP contribution in [0.15, 0.2) is 36.4 Å². The molecular formula is C26H32Cl2N2O6. The van der Waals surface area contributed by atoms with Gasteiger partial charge in [-0.25, -0.2) is 0 Å². The summed E-state index contributed by atoms with van der Waals surface area (Å²) in [5, 5.41) is 0. The summed E-state index contributed by atoms with van der Waals surface area (Å²) in [5.74, 6) is 0.857. The summed E-state index contributed by atoms with van der Waals surface area (Å²) in [7, 11) is 0. The molecular weight excluding hydrogens is 507 g/mol. The Morgan fingerprint density at radius 3 is 1.42 bits per heavy atom. The molecule has 0 aromatic heterocycles. The molecule has 0 saturated carbocycles. The SMILES string of the molecule is Cl.Cl.O=C1c2ccc(OCCN3CCOCC3)cc2C(=O)c2cc(OCCN3CCOCC3)ccc21. The fourth-order valence-corrected chi connectivity index (χ4v) is 4.52. The second kappa shape index (κ2) is 13.4. The number of rotatable bonds is 8. The van der Waals surface area contributed by atoms with E-state index in [0.717, 1.165) is 65.7 Å². The summed E-state index contributed by atoms with van der Waals surface area (Å²) in [5.41, 5.74) is 1.59. The Morgan fingerprint density at radius 2 is 1.00 bits per heavy atom. The van der Waals surface area contributed by atoms with E-state index in [4.69, 9.17) is 18.9 Å². The second-order valence-electron chi connectivity index (χ2n) is 8.68. The van der Waals surface area contributed by atoms with Crippen molar-refractivity contribution in [2.45, 2.75) is 0 Å². The number of nitrogens with zero attached hydrogens (tertiary/aromatic N) is 2. The lowest BCUT2D eigenvalue weighted by Crippen LogP contribution is -2.38. The Kier molecular flexibility index (Phi) is 10.5. The zero-order valence-electron chi connectivity index (χ0n) is 20.1. The van der Waals surface area contributed by atoms with E-state index in [2.05, 4.69) is 9.80 Å². The molecule has 8 nitrogen and oxygen atoms in total. The van der Waals surface area contributed by atoms with Crippen molar-refractivity contribution in [2.24, 2.45) is 0 Å². The number of fused-ring (bicyclic) bond motifs is 2. The third-order valence-electron chi connectivity index (χ3n) is 6.52. The van der Waals surface area contributed by atoms with Crippen molar-refractivity contribution in [3.05, 3.63) is 58.7 Å². The average Bonchev–Trinajstić information content (AvgIpc) is 2.88. The molecule has 2 aromatic carbocycles. The summed E-state index contributed by atoms with van der Waals surface area (Å²) < 4.78 is 22.5. The summed E-state index contributed by atoms with van der Waals surface area (Å²) in [6, 6.07) is 10.3. The van der Waals surface area contributed by atoms with Crippen molar-refractivity contribution >= 4 is 36.4 Å². The van der Waals surface area contributed by atoms with Crippen LogP contribution in [0.1, 0.15) is 31.8 Å². The molecule has 0 unspecified atom stereocenters. The van der Waals surface area contributed by atoms with Gasteiger partial charge >= 0.3 is 0 Å². The molecule has 0 atom stereocenters. The van der Waals surface area contributed by atoms with Crippen LogP contribution in [0, 0.1) is 0 Å². The fourth-order valence-electron chi connectivity index (χ4n) is 4.52. The highest BCUT2D eigenvalue weighted by Crippen LogP contribution is 2.32. The fraction of sp³-hybridized carbons (Fsp3) is 0.462. The van der Waals surface area contributed by atoms with Gasteiger partial charge in [-0.05, 0) is 36.4 Å². The van der Waals surface area contributed by atoms with Crippen LogP contribution in [0.3, 0.4) is 0 Å². The lowest BCUT2D eigenvalue weighted by atomic mass is 9.84. The minimum Gasteiger partial charge on any atom is -0.492 e. The quantitative estimate of drug-likeness (QED) is 0.433. The number of ether oxygens (including phenoxy) is 4. The topological polar surface area (TPSA) is 77.5 Å². The van der Waals surface area contributed by atoms with Crippen LogP contribution < -0.4 is 9.47 Å². The summed E-state index contributed by atoms with van der Waals surface area (Å²) in [6.45, 7) is 9.17. The number of carbonyl (C=O) groups is 2. The van der Waals surface area contributed by atoms with Gasteiger partial charge in [0.2, 0.25) is 0 Å². The molecule has 2 aromatic rings. The third-order valence-corrected chi connectivity index (χ3v) is 6.52. The molecule has 2 saturated heterocycles. The number of benzene rings is 2. The predicted octanol–water partition coefficient (Wildman–Crippen LogP) is 2.73. The minimum absolute atomic E-state index is 0. The van der Waals surface area contributed by atoms with E-state index in [1.807, 2.05) is 0 Å². The van der Waals surface area contributed by atoms with E-state index >= 15 is 0 Å². The summed E-state index contributed by atoms with van der Waals surface area (Å²) in [4.78, 5) is 30.9. The van der Waals surface area contributed by atoms with Crippen LogP contribution in [0.25, 0.3) is 0 Å². The van der Waals surface area contributed by atoms with E-state index in [-0.39, 0.29) is 36.4 Å². The average molecular weight is 539 g/mol. The van der Waals surface area contributed by atoms with Gasteiger partial charge in [-0.1, -0.05) is 0 Å². The van der Waals surface area contributed by atoms with Crippen LogP contribution >= 0.6 is 24.8 Å². The zero-order chi connectivity index (χ0) is 23.3. The van der Waals surface area contributed by atoms with Gasteiger partial charge in [0.05, 0.1) is 26.4 Å². The van der Waals surface area contributed by atoms with Crippen molar-refractivity contribution in [2.75, 3.05) is 78.9 Å². The van der Waals surface area contributed by atoms with Crippen molar-refractivity contribution in [1.82, 2.24) is 9.80 Å². The van der Waals surface area contributed by atoms with Crippen LogP contribution in [0.5, 0.6) is 11.5 Å². The van der Waals surface area contributed by atoms with Crippen LogP contribution in [0.2, 0.25) is 0 Å². The number of hydrogen-bond donors (Lipinski definition) is 0. The predicted molar refractivity (Wildman–Crippen MR) is 140 cm³/mol. The van der Waals surface area contributed by atoms with Gasteiger partial charge in [0, 0.05) is 61.5 Å². The Morgan fingerprint density at radius 1 is 0.611 bits per heavy atom. The largest absolute Gasteiger partial charge is 0.492 e. The van der Waals surface area contributed by atoms with Crippen molar-refractivity contribution in [3.8, 4) is 11.5 Å². The van der Waals surface area contributed by atoms with Gasteiger partial charge in [0.15, 0.2) is 11.6 Å². The molecule has 0 N–H and O–H groups in total. The molecule has 3 aliphatic rings. The monoisotopic (exact) mass is 538 g/mol. The zero-order valence-corrected chi connectivity index (χ0v) is 21.7. The molecule has 196 valence electrons.